The number of thiophene rings is 1. The van der Waals surface area contributed by atoms with E-state index in [2.05, 4.69) is 21.2 Å². The van der Waals surface area contributed by atoms with Crippen LogP contribution in [0.15, 0.2) is 15.2 Å². The molecule has 0 aliphatic carbocycles. The van der Waals surface area contributed by atoms with Crippen molar-refractivity contribution in [1.29, 1.82) is 0 Å². The molecule has 0 saturated heterocycles. The van der Waals surface area contributed by atoms with Crippen molar-refractivity contribution in [2.45, 2.75) is 19.5 Å². The van der Waals surface area contributed by atoms with Gasteiger partial charge >= 0.3 is 0 Å². The molecule has 1 unspecified atom stereocenters. The van der Waals surface area contributed by atoms with Crippen LogP contribution in [0.1, 0.15) is 12.5 Å². The van der Waals surface area contributed by atoms with Crippen molar-refractivity contribution in [3.8, 4) is 0 Å². The summed E-state index contributed by atoms with van der Waals surface area (Å²) in [5.74, 6) is 0.179. The van der Waals surface area contributed by atoms with Crippen molar-refractivity contribution in [3.63, 3.8) is 0 Å². The average Bonchev–Trinajstić information content (AvgIpc) is 2.45. The Hall–Kier alpha value is 0.0900. The molecule has 1 aromatic heterocycles. The van der Waals surface area contributed by atoms with E-state index in [-0.39, 0.29) is 11.8 Å². The molecule has 0 aliphatic heterocycles. The average molecular weight is 312 g/mol. The quantitative estimate of drug-likeness (QED) is 0.905. The van der Waals surface area contributed by atoms with Crippen molar-refractivity contribution in [3.05, 3.63) is 20.8 Å². The fourth-order valence-corrected chi connectivity index (χ4v) is 3.48. The molecule has 0 bridgehead atoms. The Kier molecular flexibility index (Phi) is 4.76. The van der Waals surface area contributed by atoms with Gasteiger partial charge in [-0.3, -0.25) is 0 Å². The van der Waals surface area contributed by atoms with Crippen LogP contribution in [0.3, 0.4) is 0 Å². The van der Waals surface area contributed by atoms with Gasteiger partial charge in [-0.15, -0.1) is 11.3 Å². The third-order valence-corrected chi connectivity index (χ3v) is 4.49. The van der Waals surface area contributed by atoms with Gasteiger partial charge in [-0.25, -0.2) is 8.42 Å². The van der Waals surface area contributed by atoms with E-state index in [1.54, 1.807) is 11.3 Å². The Morgan fingerprint density at radius 1 is 1.60 bits per heavy atom. The van der Waals surface area contributed by atoms with Crippen LogP contribution in [0.5, 0.6) is 0 Å². The Morgan fingerprint density at radius 2 is 2.27 bits per heavy atom. The standard InChI is InChI=1S/C9H14BrNO2S2/c1-7(6-15(2,12)13)11-4-8-3-9(10)14-5-8/h3,5,7,11H,4,6H2,1-2H3. The highest BCUT2D eigenvalue weighted by Crippen LogP contribution is 2.20. The number of hydrogen-bond donors (Lipinski definition) is 1. The third kappa shape index (κ3) is 5.65. The van der Waals surface area contributed by atoms with E-state index in [1.165, 1.54) is 11.8 Å². The molecule has 1 rings (SSSR count). The summed E-state index contributed by atoms with van der Waals surface area (Å²) in [6, 6.07) is 2.02. The molecular weight excluding hydrogens is 298 g/mol. The minimum absolute atomic E-state index is 0.0151. The van der Waals surface area contributed by atoms with Gasteiger partial charge in [-0.05, 0) is 39.9 Å². The molecule has 6 heteroatoms. The zero-order valence-electron chi connectivity index (χ0n) is 8.66. The van der Waals surface area contributed by atoms with Crippen LogP contribution < -0.4 is 5.32 Å². The van der Waals surface area contributed by atoms with Crippen LogP contribution in [0.2, 0.25) is 0 Å². The first-order valence-electron chi connectivity index (χ1n) is 4.51. The topological polar surface area (TPSA) is 46.2 Å². The van der Waals surface area contributed by atoms with Gasteiger partial charge in [0.15, 0.2) is 0 Å². The molecule has 0 radical (unpaired) electrons. The molecule has 1 heterocycles. The van der Waals surface area contributed by atoms with Crippen LogP contribution in [0.25, 0.3) is 0 Å². The van der Waals surface area contributed by atoms with Gasteiger partial charge in [0.2, 0.25) is 0 Å². The molecule has 0 saturated carbocycles. The molecule has 0 amide bonds. The molecule has 3 nitrogen and oxygen atoms in total. The Morgan fingerprint density at radius 3 is 2.73 bits per heavy atom. The number of hydrogen-bond acceptors (Lipinski definition) is 4. The summed E-state index contributed by atoms with van der Waals surface area (Å²) < 4.78 is 23.1. The Labute approximate surface area is 103 Å². The van der Waals surface area contributed by atoms with E-state index in [4.69, 9.17) is 0 Å². The van der Waals surface area contributed by atoms with Crippen molar-refractivity contribution in [2.75, 3.05) is 12.0 Å². The Balaban J connectivity index is 2.37. The SMILES string of the molecule is CC(CS(C)(=O)=O)NCc1csc(Br)c1. The number of rotatable bonds is 5. The van der Waals surface area contributed by atoms with Crippen LogP contribution >= 0.6 is 27.3 Å². The van der Waals surface area contributed by atoms with Crippen LogP contribution in [0, 0.1) is 0 Å². The van der Waals surface area contributed by atoms with Crippen molar-refractivity contribution < 1.29 is 8.42 Å². The maximum absolute atomic E-state index is 11.0. The zero-order valence-corrected chi connectivity index (χ0v) is 11.9. The number of nitrogens with one attached hydrogen (secondary N) is 1. The zero-order chi connectivity index (χ0) is 11.5. The molecule has 1 N–H and O–H groups in total. The van der Waals surface area contributed by atoms with Crippen molar-refractivity contribution in [1.82, 2.24) is 5.32 Å². The van der Waals surface area contributed by atoms with Crippen molar-refractivity contribution >= 4 is 37.1 Å². The lowest BCUT2D eigenvalue weighted by molar-refractivity contribution is 0.560. The van der Waals surface area contributed by atoms with Crippen LogP contribution in [-0.2, 0) is 16.4 Å². The van der Waals surface area contributed by atoms with Gasteiger partial charge in [0.1, 0.15) is 9.84 Å². The fraction of sp³-hybridized carbons (Fsp3) is 0.556. The van der Waals surface area contributed by atoms with Gasteiger partial charge in [-0.2, -0.15) is 0 Å². The summed E-state index contributed by atoms with van der Waals surface area (Å²) in [5, 5.41) is 5.22. The highest BCUT2D eigenvalue weighted by atomic mass is 79.9. The monoisotopic (exact) mass is 311 g/mol. The first-order chi connectivity index (χ1) is 6.87. The first-order valence-corrected chi connectivity index (χ1v) is 8.24. The third-order valence-electron chi connectivity index (χ3n) is 1.83. The second-order valence-electron chi connectivity index (χ2n) is 3.63. The van der Waals surface area contributed by atoms with Gasteiger partial charge in [0.05, 0.1) is 9.54 Å². The second kappa shape index (κ2) is 5.43. The van der Waals surface area contributed by atoms with Gasteiger partial charge in [-0.1, -0.05) is 0 Å². The molecule has 0 aromatic carbocycles. The molecule has 15 heavy (non-hydrogen) atoms. The first kappa shape index (κ1) is 13.2. The Bertz CT molecular complexity index is 414. The van der Waals surface area contributed by atoms with Gasteiger partial charge in [0, 0.05) is 18.8 Å². The predicted molar refractivity (Wildman–Crippen MR) is 68.0 cm³/mol. The van der Waals surface area contributed by atoms with Crippen molar-refractivity contribution in [2.24, 2.45) is 0 Å². The normalized spacial score (nSPS) is 14.1. The fourth-order valence-electron chi connectivity index (χ4n) is 1.24. The molecule has 0 spiro atoms. The smallest absolute Gasteiger partial charge is 0.148 e. The largest absolute Gasteiger partial charge is 0.309 e. The van der Waals surface area contributed by atoms with E-state index in [0.29, 0.717) is 6.54 Å². The molecule has 86 valence electrons. The minimum atomic E-state index is -2.89. The van der Waals surface area contributed by atoms with E-state index in [0.717, 1.165) is 3.79 Å². The lowest BCUT2D eigenvalue weighted by atomic mass is 10.3. The highest BCUT2D eigenvalue weighted by molar-refractivity contribution is 9.11. The highest BCUT2D eigenvalue weighted by Gasteiger charge is 2.09. The minimum Gasteiger partial charge on any atom is -0.309 e. The maximum atomic E-state index is 11.0. The number of sulfone groups is 1. The van der Waals surface area contributed by atoms with Crippen LogP contribution in [-0.4, -0.2) is 26.5 Å². The summed E-state index contributed by atoms with van der Waals surface area (Å²) in [5.41, 5.74) is 1.17. The predicted octanol–water partition coefficient (Wildman–Crippen LogP) is 2.03. The summed E-state index contributed by atoms with van der Waals surface area (Å²) in [6.45, 7) is 2.58. The summed E-state index contributed by atoms with van der Waals surface area (Å²) >= 11 is 5.01. The molecular formula is C9H14BrNO2S2. The van der Waals surface area contributed by atoms with Gasteiger partial charge < -0.3 is 5.32 Å². The van der Waals surface area contributed by atoms with Crippen LogP contribution in [0.4, 0.5) is 0 Å². The maximum Gasteiger partial charge on any atom is 0.148 e. The van der Waals surface area contributed by atoms with E-state index >= 15 is 0 Å². The van der Waals surface area contributed by atoms with E-state index in [1.807, 2.05) is 18.4 Å². The van der Waals surface area contributed by atoms with E-state index in [9.17, 15) is 8.42 Å². The summed E-state index contributed by atoms with van der Waals surface area (Å²) in [4.78, 5) is 0. The summed E-state index contributed by atoms with van der Waals surface area (Å²) in [6.07, 6.45) is 1.26. The molecule has 0 aliphatic rings. The molecule has 1 atom stereocenters. The molecule has 0 fully saturated rings. The number of halogens is 1. The summed E-state index contributed by atoms with van der Waals surface area (Å²) in [7, 11) is -2.89. The lowest BCUT2D eigenvalue weighted by Crippen LogP contribution is -2.32. The molecule has 1 aromatic rings. The van der Waals surface area contributed by atoms with Gasteiger partial charge in [0.25, 0.3) is 0 Å². The van der Waals surface area contributed by atoms with E-state index < -0.39 is 9.84 Å². The lowest BCUT2D eigenvalue weighted by Gasteiger charge is -2.11. The second-order valence-corrected chi connectivity index (χ2v) is 8.11.